The predicted octanol–water partition coefficient (Wildman–Crippen LogP) is 1.53. The van der Waals surface area contributed by atoms with Crippen LogP contribution in [0, 0.1) is 0 Å². The van der Waals surface area contributed by atoms with Crippen LogP contribution in [0.2, 0.25) is 0 Å². The molecule has 0 saturated carbocycles. The Balaban J connectivity index is 1.92. The lowest BCUT2D eigenvalue weighted by Gasteiger charge is -2.18. The Morgan fingerprint density at radius 2 is 1.86 bits per heavy atom. The highest BCUT2D eigenvalue weighted by Crippen LogP contribution is 2.13. The quantitative estimate of drug-likeness (QED) is 0.777. The fourth-order valence-electron chi connectivity index (χ4n) is 2.03. The van der Waals surface area contributed by atoms with E-state index in [-0.39, 0.29) is 17.7 Å². The molecule has 0 aliphatic rings. The van der Waals surface area contributed by atoms with Crippen LogP contribution in [0.5, 0.6) is 5.75 Å². The van der Waals surface area contributed by atoms with Crippen LogP contribution < -0.4 is 11.1 Å². The number of nitrogens with one attached hydrogen (secondary N) is 1. The Kier molecular flexibility index (Phi) is 4.90. The Bertz CT molecular complexity index is 584. The first-order valence-electron chi connectivity index (χ1n) is 6.80. The van der Waals surface area contributed by atoms with Gasteiger partial charge in [-0.15, -0.1) is 0 Å². The molecule has 0 bridgehead atoms. The van der Waals surface area contributed by atoms with Crippen molar-refractivity contribution in [3.8, 4) is 5.75 Å². The number of rotatable bonds is 5. The van der Waals surface area contributed by atoms with Crippen LogP contribution in [0.4, 0.5) is 0 Å². The smallest absolute Gasteiger partial charge is 0.237 e. The highest BCUT2D eigenvalue weighted by atomic mass is 16.3. The molecule has 4 N–H and O–H groups in total. The SMILES string of the molecule is CC(NC(=O)[C@H](N)Cc1ccc(O)cc1)c1ccncc1. The molecule has 0 spiro atoms. The second kappa shape index (κ2) is 6.85. The maximum atomic E-state index is 12.1. The maximum Gasteiger partial charge on any atom is 0.237 e. The fourth-order valence-corrected chi connectivity index (χ4v) is 2.03. The second-order valence-electron chi connectivity index (χ2n) is 4.99. The van der Waals surface area contributed by atoms with Crippen molar-refractivity contribution in [3.63, 3.8) is 0 Å². The number of carbonyl (C=O) groups excluding carboxylic acids is 1. The summed E-state index contributed by atoms with van der Waals surface area (Å²) in [4.78, 5) is 16.0. The van der Waals surface area contributed by atoms with Crippen molar-refractivity contribution in [2.75, 3.05) is 0 Å². The monoisotopic (exact) mass is 285 g/mol. The van der Waals surface area contributed by atoms with Gasteiger partial charge >= 0.3 is 0 Å². The lowest BCUT2D eigenvalue weighted by atomic mass is 10.0. The summed E-state index contributed by atoms with van der Waals surface area (Å²) in [5.41, 5.74) is 7.82. The summed E-state index contributed by atoms with van der Waals surface area (Å²) in [5, 5.41) is 12.1. The van der Waals surface area contributed by atoms with E-state index in [0.717, 1.165) is 11.1 Å². The first-order valence-corrected chi connectivity index (χ1v) is 6.80. The minimum absolute atomic E-state index is 0.119. The standard InChI is InChI=1S/C16H19N3O2/c1-11(13-6-8-18-9-7-13)19-16(21)15(17)10-12-2-4-14(20)5-3-12/h2-9,11,15,20H,10,17H2,1H3,(H,19,21)/t11?,15-/m1/s1. The number of nitrogens with zero attached hydrogens (tertiary/aromatic N) is 1. The summed E-state index contributed by atoms with van der Waals surface area (Å²) >= 11 is 0. The third-order valence-electron chi connectivity index (χ3n) is 3.29. The molecule has 2 aromatic rings. The number of amides is 1. The van der Waals surface area contributed by atoms with Crippen LogP contribution in [0.15, 0.2) is 48.8 Å². The van der Waals surface area contributed by atoms with E-state index in [2.05, 4.69) is 10.3 Å². The lowest BCUT2D eigenvalue weighted by Crippen LogP contribution is -2.42. The van der Waals surface area contributed by atoms with Crippen molar-refractivity contribution in [1.29, 1.82) is 0 Å². The second-order valence-corrected chi connectivity index (χ2v) is 4.99. The number of hydrogen-bond acceptors (Lipinski definition) is 4. The molecular weight excluding hydrogens is 266 g/mol. The molecule has 1 aromatic heterocycles. The van der Waals surface area contributed by atoms with E-state index in [9.17, 15) is 9.90 Å². The van der Waals surface area contributed by atoms with Crippen LogP contribution in [-0.4, -0.2) is 22.0 Å². The molecule has 2 atom stereocenters. The molecule has 2 rings (SSSR count). The van der Waals surface area contributed by atoms with Gasteiger partial charge in [0.2, 0.25) is 5.91 Å². The molecular formula is C16H19N3O2. The van der Waals surface area contributed by atoms with Gasteiger partial charge in [0.25, 0.3) is 0 Å². The van der Waals surface area contributed by atoms with Crippen LogP contribution >= 0.6 is 0 Å². The molecule has 1 aromatic carbocycles. The number of nitrogens with two attached hydrogens (primary N) is 1. The molecule has 0 fully saturated rings. The van der Waals surface area contributed by atoms with Crippen LogP contribution in [-0.2, 0) is 11.2 Å². The van der Waals surface area contributed by atoms with E-state index in [1.165, 1.54) is 0 Å². The number of hydrogen-bond donors (Lipinski definition) is 3. The van der Waals surface area contributed by atoms with Crippen molar-refractivity contribution < 1.29 is 9.90 Å². The number of pyridine rings is 1. The number of aromatic hydroxyl groups is 1. The minimum Gasteiger partial charge on any atom is -0.508 e. The highest BCUT2D eigenvalue weighted by molar-refractivity contribution is 5.82. The first kappa shape index (κ1) is 15.0. The summed E-state index contributed by atoms with van der Waals surface area (Å²) < 4.78 is 0. The zero-order chi connectivity index (χ0) is 15.2. The van der Waals surface area contributed by atoms with Gasteiger partial charge in [-0.05, 0) is 48.7 Å². The zero-order valence-corrected chi connectivity index (χ0v) is 11.9. The largest absolute Gasteiger partial charge is 0.508 e. The summed E-state index contributed by atoms with van der Waals surface area (Å²) in [6, 6.07) is 9.65. The highest BCUT2D eigenvalue weighted by Gasteiger charge is 2.17. The number of aromatic nitrogens is 1. The van der Waals surface area contributed by atoms with Crippen molar-refractivity contribution in [2.24, 2.45) is 5.73 Å². The van der Waals surface area contributed by atoms with Gasteiger partial charge in [0, 0.05) is 12.4 Å². The van der Waals surface area contributed by atoms with E-state index in [1.807, 2.05) is 19.1 Å². The van der Waals surface area contributed by atoms with Gasteiger partial charge in [-0.1, -0.05) is 12.1 Å². The lowest BCUT2D eigenvalue weighted by molar-refractivity contribution is -0.123. The minimum atomic E-state index is -0.626. The van der Waals surface area contributed by atoms with Crippen LogP contribution in [0.1, 0.15) is 24.1 Å². The van der Waals surface area contributed by atoms with Gasteiger partial charge in [-0.25, -0.2) is 0 Å². The Labute approximate surface area is 123 Å². The van der Waals surface area contributed by atoms with Crippen molar-refractivity contribution in [1.82, 2.24) is 10.3 Å². The Hall–Kier alpha value is -2.40. The molecule has 0 aliphatic carbocycles. The maximum absolute atomic E-state index is 12.1. The molecule has 1 amide bonds. The summed E-state index contributed by atoms with van der Waals surface area (Å²) in [6.45, 7) is 1.90. The molecule has 0 saturated heterocycles. The molecule has 5 heteroatoms. The zero-order valence-electron chi connectivity index (χ0n) is 11.9. The molecule has 1 heterocycles. The average Bonchev–Trinajstić information content (AvgIpc) is 2.50. The van der Waals surface area contributed by atoms with Gasteiger partial charge in [0.15, 0.2) is 0 Å². The van der Waals surface area contributed by atoms with Crippen molar-refractivity contribution in [3.05, 3.63) is 59.9 Å². The molecule has 5 nitrogen and oxygen atoms in total. The van der Waals surface area contributed by atoms with Gasteiger partial charge in [0.1, 0.15) is 5.75 Å². The number of benzene rings is 1. The van der Waals surface area contributed by atoms with E-state index in [4.69, 9.17) is 5.73 Å². The van der Waals surface area contributed by atoms with Crippen molar-refractivity contribution in [2.45, 2.75) is 25.4 Å². The van der Waals surface area contributed by atoms with Crippen molar-refractivity contribution >= 4 is 5.91 Å². The summed E-state index contributed by atoms with van der Waals surface area (Å²) in [7, 11) is 0. The van der Waals surface area contributed by atoms with Gasteiger partial charge < -0.3 is 16.2 Å². The molecule has 1 unspecified atom stereocenters. The first-order chi connectivity index (χ1) is 10.1. The molecule has 21 heavy (non-hydrogen) atoms. The topological polar surface area (TPSA) is 88.2 Å². The van der Waals surface area contributed by atoms with Gasteiger partial charge in [0.05, 0.1) is 12.1 Å². The Morgan fingerprint density at radius 3 is 2.48 bits per heavy atom. The number of phenolic OH excluding ortho intramolecular Hbond substituents is 1. The summed E-state index contributed by atoms with van der Waals surface area (Å²) in [5.74, 6) is -0.00419. The van der Waals surface area contributed by atoms with E-state index < -0.39 is 6.04 Å². The fraction of sp³-hybridized carbons (Fsp3) is 0.250. The van der Waals surface area contributed by atoms with E-state index in [0.29, 0.717) is 6.42 Å². The summed E-state index contributed by atoms with van der Waals surface area (Å²) in [6.07, 6.45) is 3.80. The molecule has 0 aliphatic heterocycles. The van der Waals surface area contributed by atoms with Crippen LogP contribution in [0.3, 0.4) is 0 Å². The average molecular weight is 285 g/mol. The molecule has 110 valence electrons. The van der Waals surface area contributed by atoms with Crippen LogP contribution in [0.25, 0.3) is 0 Å². The number of phenols is 1. The molecule has 0 radical (unpaired) electrons. The third kappa shape index (κ3) is 4.29. The van der Waals surface area contributed by atoms with Gasteiger partial charge in [-0.3, -0.25) is 9.78 Å². The predicted molar refractivity (Wildman–Crippen MR) is 80.6 cm³/mol. The third-order valence-corrected chi connectivity index (χ3v) is 3.29. The van der Waals surface area contributed by atoms with Gasteiger partial charge in [-0.2, -0.15) is 0 Å². The normalized spacial score (nSPS) is 13.4. The van der Waals surface area contributed by atoms with E-state index in [1.54, 1.807) is 36.7 Å². The van der Waals surface area contributed by atoms with E-state index >= 15 is 0 Å². The Morgan fingerprint density at radius 1 is 1.24 bits per heavy atom. The number of carbonyl (C=O) groups is 1.